The Morgan fingerprint density at radius 2 is 1.38 bits per heavy atom. The minimum atomic E-state index is -0.588. The van der Waals surface area contributed by atoms with Gasteiger partial charge < -0.3 is 25.3 Å². The Labute approximate surface area is 232 Å². The molecule has 4 N–H and O–H groups in total. The quantitative estimate of drug-likeness (QED) is 0.201. The van der Waals surface area contributed by atoms with Crippen LogP contribution in [0.25, 0.3) is 11.1 Å². The van der Waals surface area contributed by atoms with Crippen LogP contribution in [0, 0.1) is 12.3 Å². The predicted molar refractivity (Wildman–Crippen MR) is 156 cm³/mol. The standard InChI is InChI=1S/C31H30N4O5/c1-19-24(34-29(36)22-15-13-21(14-16-22)20-9-6-5-7-10-20)11-8-12-25(19)35(31(32)33)30(37)23-17-26(38-2)28(40-4)27(18-23)39-3/h5-18H,1-4H3,(H3,32,33)(H,34,36). The number of carbonyl (C=O) groups excluding carboxylic acids is 2. The molecular weight excluding hydrogens is 508 g/mol. The van der Waals surface area contributed by atoms with Gasteiger partial charge in [-0.1, -0.05) is 48.5 Å². The zero-order valence-corrected chi connectivity index (χ0v) is 22.6. The van der Waals surface area contributed by atoms with Crippen molar-refractivity contribution in [3.8, 4) is 28.4 Å². The molecule has 0 aliphatic rings. The van der Waals surface area contributed by atoms with Crippen LogP contribution in [0.4, 0.5) is 11.4 Å². The van der Waals surface area contributed by atoms with Crippen molar-refractivity contribution in [1.82, 2.24) is 0 Å². The van der Waals surface area contributed by atoms with E-state index in [4.69, 9.17) is 25.4 Å². The first kappa shape index (κ1) is 27.7. The molecule has 204 valence electrons. The fourth-order valence-corrected chi connectivity index (χ4v) is 4.32. The third-order valence-electron chi connectivity index (χ3n) is 6.40. The topological polar surface area (TPSA) is 127 Å². The third kappa shape index (κ3) is 5.58. The lowest BCUT2D eigenvalue weighted by molar-refractivity contribution is 0.0999. The minimum Gasteiger partial charge on any atom is -0.493 e. The average Bonchev–Trinajstić information content (AvgIpc) is 2.98. The van der Waals surface area contributed by atoms with Gasteiger partial charge in [-0.2, -0.15) is 0 Å². The van der Waals surface area contributed by atoms with Gasteiger partial charge in [0.1, 0.15) is 0 Å². The second-order valence-corrected chi connectivity index (χ2v) is 8.79. The summed E-state index contributed by atoms with van der Waals surface area (Å²) in [6.45, 7) is 1.74. The Hall–Kier alpha value is -5.31. The van der Waals surface area contributed by atoms with Gasteiger partial charge in [0.2, 0.25) is 5.75 Å². The summed E-state index contributed by atoms with van der Waals surface area (Å²) < 4.78 is 16.1. The Morgan fingerprint density at radius 1 is 0.775 bits per heavy atom. The van der Waals surface area contributed by atoms with Gasteiger partial charge in [0.25, 0.3) is 11.8 Å². The molecule has 0 unspecified atom stereocenters. The first-order valence-electron chi connectivity index (χ1n) is 12.3. The number of hydrogen-bond donors (Lipinski definition) is 3. The van der Waals surface area contributed by atoms with Crippen LogP contribution in [0.15, 0.2) is 84.9 Å². The van der Waals surface area contributed by atoms with Crippen LogP contribution >= 0.6 is 0 Å². The minimum absolute atomic E-state index is 0.164. The Kier molecular flexibility index (Phi) is 8.34. The third-order valence-corrected chi connectivity index (χ3v) is 6.40. The highest BCUT2D eigenvalue weighted by Gasteiger charge is 2.26. The zero-order chi connectivity index (χ0) is 28.8. The molecule has 4 aromatic rings. The Bertz CT molecular complexity index is 1530. The molecule has 0 aliphatic carbocycles. The molecule has 9 heteroatoms. The first-order valence-corrected chi connectivity index (χ1v) is 12.3. The fourth-order valence-electron chi connectivity index (χ4n) is 4.32. The maximum absolute atomic E-state index is 13.6. The number of methoxy groups -OCH3 is 3. The maximum atomic E-state index is 13.6. The number of ether oxygens (including phenoxy) is 3. The predicted octanol–water partition coefficient (Wildman–Crippen LogP) is 5.48. The van der Waals surface area contributed by atoms with Gasteiger partial charge in [-0.05, 0) is 60.0 Å². The molecular formula is C31H30N4O5. The van der Waals surface area contributed by atoms with Gasteiger partial charge in [0, 0.05) is 16.8 Å². The SMILES string of the molecule is COc1cc(C(=O)N(C(=N)N)c2cccc(NC(=O)c3ccc(-c4ccccc4)cc3)c2C)cc(OC)c1OC. The van der Waals surface area contributed by atoms with E-state index in [1.165, 1.54) is 33.5 Å². The molecule has 0 spiro atoms. The van der Waals surface area contributed by atoms with Crippen molar-refractivity contribution in [3.05, 3.63) is 102 Å². The summed E-state index contributed by atoms with van der Waals surface area (Å²) in [7, 11) is 4.35. The van der Waals surface area contributed by atoms with Crippen molar-refractivity contribution in [2.75, 3.05) is 31.5 Å². The van der Waals surface area contributed by atoms with Crippen LogP contribution in [-0.2, 0) is 0 Å². The normalized spacial score (nSPS) is 10.4. The van der Waals surface area contributed by atoms with E-state index in [-0.39, 0.29) is 23.0 Å². The largest absolute Gasteiger partial charge is 0.493 e. The molecule has 2 amide bonds. The molecule has 0 fully saturated rings. The molecule has 0 heterocycles. The second kappa shape index (κ2) is 12.0. The van der Waals surface area contributed by atoms with Crippen molar-refractivity contribution in [2.24, 2.45) is 5.73 Å². The number of hydrogen-bond acceptors (Lipinski definition) is 6. The van der Waals surface area contributed by atoms with Crippen LogP contribution in [0.3, 0.4) is 0 Å². The molecule has 4 aromatic carbocycles. The van der Waals surface area contributed by atoms with Crippen LogP contribution in [0.5, 0.6) is 17.2 Å². The van der Waals surface area contributed by atoms with E-state index in [9.17, 15) is 9.59 Å². The van der Waals surface area contributed by atoms with Gasteiger partial charge in [0.15, 0.2) is 17.5 Å². The van der Waals surface area contributed by atoms with Crippen LogP contribution in [-0.4, -0.2) is 39.1 Å². The number of nitrogens with zero attached hydrogens (tertiary/aromatic N) is 1. The maximum Gasteiger partial charge on any atom is 0.265 e. The molecule has 0 saturated carbocycles. The van der Waals surface area contributed by atoms with Gasteiger partial charge in [-0.25, -0.2) is 4.90 Å². The molecule has 0 aliphatic heterocycles. The van der Waals surface area contributed by atoms with Crippen molar-refractivity contribution in [2.45, 2.75) is 6.92 Å². The molecule has 4 rings (SSSR count). The van der Waals surface area contributed by atoms with Crippen molar-refractivity contribution in [3.63, 3.8) is 0 Å². The van der Waals surface area contributed by atoms with E-state index < -0.39 is 11.9 Å². The summed E-state index contributed by atoms with van der Waals surface area (Å²) in [5.74, 6) is -0.509. The molecule has 9 nitrogen and oxygen atoms in total. The summed E-state index contributed by atoms with van der Waals surface area (Å²) in [6.07, 6.45) is 0. The van der Waals surface area contributed by atoms with Crippen LogP contribution < -0.4 is 30.2 Å². The van der Waals surface area contributed by atoms with E-state index in [1.54, 1.807) is 37.3 Å². The van der Waals surface area contributed by atoms with Crippen LogP contribution in [0.2, 0.25) is 0 Å². The van der Waals surface area contributed by atoms with E-state index in [0.717, 1.165) is 16.0 Å². The highest BCUT2D eigenvalue weighted by atomic mass is 16.5. The number of anilines is 2. The van der Waals surface area contributed by atoms with Gasteiger partial charge in [-0.15, -0.1) is 0 Å². The number of nitrogens with one attached hydrogen (secondary N) is 2. The molecule has 0 saturated heterocycles. The first-order chi connectivity index (χ1) is 19.3. The fraction of sp³-hybridized carbons (Fsp3) is 0.129. The summed E-state index contributed by atoms with van der Waals surface area (Å²) in [5, 5.41) is 11.1. The molecule has 0 aromatic heterocycles. The molecule has 40 heavy (non-hydrogen) atoms. The van der Waals surface area contributed by atoms with E-state index in [1.807, 2.05) is 42.5 Å². The van der Waals surface area contributed by atoms with Crippen molar-refractivity contribution in [1.29, 1.82) is 5.41 Å². The Balaban J connectivity index is 1.63. The molecule has 0 radical (unpaired) electrons. The van der Waals surface area contributed by atoms with Crippen LogP contribution in [0.1, 0.15) is 26.3 Å². The Morgan fingerprint density at radius 3 is 1.93 bits per heavy atom. The summed E-state index contributed by atoms with van der Waals surface area (Å²) in [5.41, 5.74) is 9.94. The van der Waals surface area contributed by atoms with E-state index in [2.05, 4.69) is 5.32 Å². The van der Waals surface area contributed by atoms with E-state index in [0.29, 0.717) is 28.3 Å². The number of rotatable bonds is 8. The number of benzene rings is 4. The van der Waals surface area contributed by atoms with Gasteiger partial charge >= 0.3 is 0 Å². The smallest absolute Gasteiger partial charge is 0.265 e. The summed E-state index contributed by atoms with van der Waals surface area (Å²) >= 11 is 0. The lowest BCUT2D eigenvalue weighted by Gasteiger charge is -2.24. The van der Waals surface area contributed by atoms with E-state index >= 15 is 0 Å². The molecule has 0 atom stereocenters. The molecule has 0 bridgehead atoms. The highest BCUT2D eigenvalue weighted by Crippen LogP contribution is 2.39. The lowest BCUT2D eigenvalue weighted by Crippen LogP contribution is -2.42. The zero-order valence-electron chi connectivity index (χ0n) is 22.6. The van der Waals surface area contributed by atoms with Crippen molar-refractivity contribution < 1.29 is 23.8 Å². The number of carbonyl (C=O) groups is 2. The number of nitrogens with two attached hydrogens (primary N) is 1. The number of amides is 2. The van der Waals surface area contributed by atoms with Crippen molar-refractivity contribution >= 4 is 29.1 Å². The summed E-state index contributed by atoms with van der Waals surface area (Å²) in [6, 6.07) is 25.2. The van der Waals surface area contributed by atoms with Gasteiger partial charge in [-0.3, -0.25) is 15.0 Å². The summed E-state index contributed by atoms with van der Waals surface area (Å²) in [4.78, 5) is 27.8. The monoisotopic (exact) mass is 538 g/mol. The number of guanidine groups is 1. The second-order valence-electron chi connectivity index (χ2n) is 8.79. The highest BCUT2D eigenvalue weighted by molar-refractivity contribution is 6.22. The van der Waals surface area contributed by atoms with Gasteiger partial charge in [0.05, 0.1) is 27.0 Å². The lowest BCUT2D eigenvalue weighted by atomic mass is 10.0. The average molecular weight is 539 g/mol.